The first kappa shape index (κ1) is 21.1. The van der Waals surface area contributed by atoms with Gasteiger partial charge < -0.3 is 14.8 Å². The van der Waals surface area contributed by atoms with Crippen LogP contribution in [0.3, 0.4) is 0 Å². The van der Waals surface area contributed by atoms with Gasteiger partial charge in [0.05, 0.1) is 25.5 Å². The summed E-state index contributed by atoms with van der Waals surface area (Å²) in [4.78, 5) is 13.7. The smallest absolute Gasteiger partial charge is 0.416 e. The van der Waals surface area contributed by atoms with E-state index in [9.17, 15) is 18.0 Å². The maximum Gasteiger partial charge on any atom is 0.416 e. The first-order valence-corrected chi connectivity index (χ1v) is 8.73. The normalized spacial score (nSPS) is 12.3. The van der Waals surface area contributed by atoms with Crippen LogP contribution in [0.5, 0.6) is 11.5 Å². The Morgan fingerprint density at radius 3 is 2.57 bits per heavy atom. The van der Waals surface area contributed by atoms with Gasteiger partial charge in [-0.2, -0.15) is 18.0 Å². The predicted octanol–water partition coefficient (Wildman–Crippen LogP) is 3.58. The van der Waals surface area contributed by atoms with Crippen molar-refractivity contribution < 1.29 is 27.4 Å². The molecule has 0 aliphatic heterocycles. The third-order valence-corrected chi connectivity index (χ3v) is 4.27. The molecule has 158 valence electrons. The van der Waals surface area contributed by atoms with Crippen LogP contribution in [0, 0.1) is 0 Å². The number of tetrazole rings is 1. The summed E-state index contributed by atoms with van der Waals surface area (Å²) in [7, 11) is 2.95. The molecule has 0 fully saturated rings. The second kappa shape index (κ2) is 8.39. The van der Waals surface area contributed by atoms with E-state index >= 15 is 0 Å². The third kappa shape index (κ3) is 4.50. The second-order valence-corrected chi connectivity index (χ2v) is 6.24. The number of halogens is 3. The lowest BCUT2D eigenvalue weighted by molar-refractivity contribution is -0.137. The summed E-state index contributed by atoms with van der Waals surface area (Å²) in [5, 5.41) is 14.3. The Morgan fingerprint density at radius 2 is 1.90 bits per heavy atom. The standard InChI is InChI=1S/C19H18F3N5O3/c1-11(18(28)23-15-10-14(29-2)7-8-16(15)30-3)27-25-17(24-26-27)12-5-4-6-13(9-12)19(20,21)22/h4-11H,1-3H3,(H,23,28). The molecule has 3 rings (SSSR count). The summed E-state index contributed by atoms with van der Waals surface area (Å²) in [6, 6.07) is 8.57. The zero-order valence-electron chi connectivity index (χ0n) is 16.3. The predicted molar refractivity (Wildman–Crippen MR) is 101 cm³/mol. The average Bonchev–Trinajstić information content (AvgIpc) is 3.22. The van der Waals surface area contributed by atoms with Gasteiger partial charge in [-0.15, -0.1) is 10.2 Å². The molecule has 0 radical (unpaired) electrons. The molecule has 1 atom stereocenters. The molecule has 0 saturated carbocycles. The monoisotopic (exact) mass is 421 g/mol. The number of benzene rings is 2. The lowest BCUT2D eigenvalue weighted by Crippen LogP contribution is -2.25. The van der Waals surface area contributed by atoms with E-state index in [2.05, 4.69) is 20.7 Å². The van der Waals surface area contributed by atoms with Crippen LogP contribution in [0.2, 0.25) is 0 Å². The van der Waals surface area contributed by atoms with Gasteiger partial charge in [-0.3, -0.25) is 4.79 Å². The van der Waals surface area contributed by atoms with Crippen molar-refractivity contribution in [3.63, 3.8) is 0 Å². The summed E-state index contributed by atoms with van der Waals surface area (Å²) in [5.41, 5.74) is -0.308. The summed E-state index contributed by atoms with van der Waals surface area (Å²) >= 11 is 0. The number of carbonyl (C=O) groups excluding carboxylic acids is 1. The number of carbonyl (C=O) groups is 1. The van der Waals surface area contributed by atoms with Crippen molar-refractivity contribution in [2.45, 2.75) is 19.1 Å². The number of ether oxygens (including phenoxy) is 2. The number of methoxy groups -OCH3 is 2. The highest BCUT2D eigenvalue weighted by molar-refractivity contribution is 5.95. The molecule has 3 aromatic rings. The van der Waals surface area contributed by atoms with Crippen molar-refractivity contribution in [1.29, 1.82) is 0 Å². The van der Waals surface area contributed by atoms with Crippen LogP contribution in [-0.4, -0.2) is 40.3 Å². The fourth-order valence-electron chi connectivity index (χ4n) is 2.59. The fraction of sp³-hybridized carbons (Fsp3) is 0.263. The molecule has 1 unspecified atom stereocenters. The zero-order valence-corrected chi connectivity index (χ0v) is 16.3. The van der Waals surface area contributed by atoms with E-state index in [1.165, 1.54) is 33.3 Å². The van der Waals surface area contributed by atoms with Crippen molar-refractivity contribution in [3.05, 3.63) is 48.0 Å². The molecule has 1 amide bonds. The van der Waals surface area contributed by atoms with Crippen LogP contribution < -0.4 is 14.8 Å². The fourth-order valence-corrected chi connectivity index (χ4v) is 2.59. The minimum absolute atomic E-state index is 0.0280. The number of hydrogen-bond donors (Lipinski definition) is 1. The molecule has 0 saturated heterocycles. The average molecular weight is 421 g/mol. The molecule has 1 heterocycles. The van der Waals surface area contributed by atoms with Gasteiger partial charge in [-0.25, -0.2) is 0 Å². The minimum atomic E-state index is -4.49. The lowest BCUT2D eigenvalue weighted by Gasteiger charge is -2.14. The minimum Gasteiger partial charge on any atom is -0.497 e. The molecule has 0 bridgehead atoms. The van der Waals surface area contributed by atoms with Crippen molar-refractivity contribution in [2.75, 3.05) is 19.5 Å². The van der Waals surface area contributed by atoms with E-state index < -0.39 is 23.7 Å². The van der Waals surface area contributed by atoms with Crippen LogP contribution in [0.1, 0.15) is 18.5 Å². The Labute approximate surface area is 169 Å². The Morgan fingerprint density at radius 1 is 1.13 bits per heavy atom. The number of amides is 1. The maximum absolute atomic E-state index is 12.9. The summed E-state index contributed by atoms with van der Waals surface area (Å²) in [6.07, 6.45) is -4.49. The zero-order chi connectivity index (χ0) is 21.9. The number of rotatable bonds is 6. The third-order valence-electron chi connectivity index (χ3n) is 4.27. The van der Waals surface area contributed by atoms with Crippen LogP contribution >= 0.6 is 0 Å². The van der Waals surface area contributed by atoms with E-state index in [1.807, 2.05) is 0 Å². The van der Waals surface area contributed by atoms with Gasteiger partial charge in [0, 0.05) is 11.6 Å². The summed E-state index contributed by atoms with van der Waals surface area (Å²) in [6.45, 7) is 1.53. The van der Waals surface area contributed by atoms with Crippen LogP contribution in [-0.2, 0) is 11.0 Å². The van der Waals surface area contributed by atoms with Gasteiger partial charge in [0.1, 0.15) is 17.5 Å². The van der Waals surface area contributed by atoms with E-state index in [4.69, 9.17) is 9.47 Å². The highest BCUT2D eigenvalue weighted by Crippen LogP contribution is 2.32. The molecule has 0 spiro atoms. The molecule has 0 aliphatic rings. The molecular weight excluding hydrogens is 403 g/mol. The number of aromatic nitrogens is 4. The Kier molecular flexibility index (Phi) is 5.90. The SMILES string of the molecule is COc1ccc(OC)c(NC(=O)C(C)n2nnc(-c3cccc(C(F)(F)F)c3)n2)c1. The number of alkyl halides is 3. The molecule has 11 heteroatoms. The van der Waals surface area contributed by atoms with Crippen molar-refractivity contribution >= 4 is 11.6 Å². The van der Waals surface area contributed by atoms with Crippen LogP contribution in [0.4, 0.5) is 18.9 Å². The van der Waals surface area contributed by atoms with Crippen molar-refractivity contribution in [2.24, 2.45) is 0 Å². The van der Waals surface area contributed by atoms with Gasteiger partial charge in [-0.05, 0) is 36.4 Å². The Balaban J connectivity index is 1.80. The first-order chi connectivity index (χ1) is 14.2. The number of nitrogens with zero attached hydrogens (tertiary/aromatic N) is 4. The maximum atomic E-state index is 12.9. The Hall–Kier alpha value is -3.63. The molecule has 1 aromatic heterocycles. The van der Waals surface area contributed by atoms with Crippen LogP contribution in [0.25, 0.3) is 11.4 Å². The second-order valence-electron chi connectivity index (χ2n) is 6.24. The summed E-state index contributed by atoms with van der Waals surface area (Å²) < 4.78 is 49.1. The number of anilines is 1. The van der Waals surface area contributed by atoms with E-state index in [1.54, 1.807) is 18.2 Å². The molecule has 1 N–H and O–H groups in total. The highest BCUT2D eigenvalue weighted by Gasteiger charge is 2.31. The molecule has 2 aromatic carbocycles. The number of nitrogens with one attached hydrogen (secondary N) is 1. The van der Waals surface area contributed by atoms with Gasteiger partial charge in [-0.1, -0.05) is 12.1 Å². The number of hydrogen-bond acceptors (Lipinski definition) is 6. The molecular formula is C19H18F3N5O3. The van der Waals surface area contributed by atoms with Gasteiger partial charge in [0.25, 0.3) is 5.91 Å². The topological polar surface area (TPSA) is 91.2 Å². The highest BCUT2D eigenvalue weighted by atomic mass is 19.4. The van der Waals surface area contributed by atoms with Crippen molar-refractivity contribution in [1.82, 2.24) is 20.2 Å². The molecule has 0 aliphatic carbocycles. The Bertz CT molecular complexity index is 1050. The molecule has 30 heavy (non-hydrogen) atoms. The van der Waals surface area contributed by atoms with E-state index in [0.29, 0.717) is 17.2 Å². The van der Waals surface area contributed by atoms with Crippen molar-refractivity contribution in [3.8, 4) is 22.9 Å². The summed E-state index contributed by atoms with van der Waals surface area (Å²) in [5.74, 6) is 0.436. The molecule has 8 nitrogen and oxygen atoms in total. The van der Waals surface area contributed by atoms with E-state index in [-0.39, 0.29) is 11.4 Å². The van der Waals surface area contributed by atoms with Gasteiger partial charge >= 0.3 is 6.18 Å². The quantitative estimate of drug-likeness (QED) is 0.654. The lowest BCUT2D eigenvalue weighted by atomic mass is 10.1. The van der Waals surface area contributed by atoms with Gasteiger partial charge in [0.15, 0.2) is 0 Å². The largest absolute Gasteiger partial charge is 0.497 e. The van der Waals surface area contributed by atoms with Crippen LogP contribution in [0.15, 0.2) is 42.5 Å². The van der Waals surface area contributed by atoms with E-state index in [0.717, 1.165) is 16.9 Å². The van der Waals surface area contributed by atoms with Gasteiger partial charge in [0.2, 0.25) is 5.82 Å². The first-order valence-electron chi connectivity index (χ1n) is 8.73.